The molecule has 0 aromatic carbocycles. The summed E-state index contributed by atoms with van der Waals surface area (Å²) >= 11 is 0. The first kappa shape index (κ1) is 15.5. The molecule has 3 rings (SSSR count). The molecule has 1 aromatic heterocycles. The van der Waals surface area contributed by atoms with Gasteiger partial charge in [-0.2, -0.15) is 4.98 Å². The van der Waals surface area contributed by atoms with Crippen molar-refractivity contribution in [3.05, 3.63) is 11.3 Å². The van der Waals surface area contributed by atoms with Gasteiger partial charge in [-0.15, -0.1) is 0 Å². The van der Waals surface area contributed by atoms with Crippen molar-refractivity contribution in [1.29, 1.82) is 0 Å². The first-order chi connectivity index (χ1) is 10.6. The number of aromatic nitrogens is 2. The molecule has 0 amide bonds. The Morgan fingerprint density at radius 3 is 2.68 bits per heavy atom. The Morgan fingerprint density at radius 1 is 1.27 bits per heavy atom. The smallest absolute Gasteiger partial charge is 0.222 e. The van der Waals surface area contributed by atoms with E-state index < -0.39 is 0 Å². The van der Waals surface area contributed by atoms with E-state index in [4.69, 9.17) is 15.2 Å². The van der Waals surface area contributed by atoms with Crippen LogP contribution in [0.25, 0.3) is 0 Å². The van der Waals surface area contributed by atoms with Crippen molar-refractivity contribution >= 4 is 11.8 Å². The minimum Gasteiger partial charge on any atom is -0.378 e. The van der Waals surface area contributed by atoms with Crippen LogP contribution in [0.5, 0.6) is 0 Å². The summed E-state index contributed by atoms with van der Waals surface area (Å²) in [5.41, 5.74) is 7.76. The highest BCUT2D eigenvalue weighted by atomic mass is 16.5. The number of methoxy groups -OCH3 is 1. The van der Waals surface area contributed by atoms with Crippen molar-refractivity contribution in [3.8, 4) is 0 Å². The summed E-state index contributed by atoms with van der Waals surface area (Å²) < 4.78 is 11.9. The van der Waals surface area contributed by atoms with E-state index in [1.165, 1.54) is 0 Å². The molecule has 1 spiro atoms. The van der Waals surface area contributed by atoms with Gasteiger partial charge in [0.15, 0.2) is 0 Å². The predicted octanol–water partition coefficient (Wildman–Crippen LogP) is 1.84. The van der Waals surface area contributed by atoms with E-state index in [0.29, 0.717) is 5.95 Å². The standard InChI is InChI=1S/C16H26N4O2/c1-11-12(2)18-15(17)19-14(11)20-8-6-16(7-9-20)13(21-3)5-4-10-22-16/h13H,4-10H2,1-3H3,(H2,17,18,19)/t13-/m0/s1. The summed E-state index contributed by atoms with van der Waals surface area (Å²) in [6.45, 7) is 6.71. The number of anilines is 2. The van der Waals surface area contributed by atoms with Crippen LogP contribution in [0.3, 0.4) is 0 Å². The molecule has 3 heterocycles. The van der Waals surface area contributed by atoms with Crippen LogP contribution in [0, 0.1) is 13.8 Å². The second kappa shape index (κ2) is 6.01. The molecule has 0 saturated carbocycles. The first-order valence-corrected chi connectivity index (χ1v) is 8.08. The molecule has 2 aliphatic rings. The third-order valence-electron chi connectivity index (χ3n) is 5.16. The molecular formula is C16H26N4O2. The van der Waals surface area contributed by atoms with Crippen molar-refractivity contribution in [2.45, 2.75) is 51.2 Å². The van der Waals surface area contributed by atoms with Crippen molar-refractivity contribution in [2.75, 3.05) is 37.4 Å². The van der Waals surface area contributed by atoms with Crippen LogP contribution >= 0.6 is 0 Å². The number of rotatable bonds is 2. The zero-order valence-corrected chi connectivity index (χ0v) is 13.8. The Balaban J connectivity index is 1.77. The Morgan fingerprint density at radius 2 is 2.00 bits per heavy atom. The average molecular weight is 306 g/mol. The van der Waals surface area contributed by atoms with Crippen molar-refractivity contribution in [2.24, 2.45) is 0 Å². The van der Waals surface area contributed by atoms with Gasteiger partial charge in [0.1, 0.15) is 5.82 Å². The lowest BCUT2D eigenvalue weighted by Gasteiger charge is -2.48. The lowest BCUT2D eigenvalue weighted by molar-refractivity contribution is -0.175. The van der Waals surface area contributed by atoms with Gasteiger partial charge in [-0.3, -0.25) is 0 Å². The number of aryl methyl sites for hydroxylation is 1. The van der Waals surface area contributed by atoms with Crippen LogP contribution in [0.2, 0.25) is 0 Å². The largest absolute Gasteiger partial charge is 0.378 e. The monoisotopic (exact) mass is 306 g/mol. The molecule has 0 radical (unpaired) electrons. The minimum absolute atomic E-state index is 0.120. The van der Waals surface area contributed by atoms with Crippen molar-refractivity contribution in [3.63, 3.8) is 0 Å². The van der Waals surface area contributed by atoms with Crippen LogP contribution < -0.4 is 10.6 Å². The summed E-state index contributed by atoms with van der Waals surface area (Å²) in [5.74, 6) is 1.31. The van der Waals surface area contributed by atoms with Crippen molar-refractivity contribution in [1.82, 2.24) is 9.97 Å². The Kier molecular flexibility index (Phi) is 4.23. The molecular weight excluding hydrogens is 280 g/mol. The fourth-order valence-electron chi connectivity index (χ4n) is 3.74. The SMILES string of the molecule is CO[C@H]1CCCOC12CCN(c1nc(N)nc(C)c1C)CC2. The molecule has 1 aromatic rings. The number of hydrogen-bond donors (Lipinski definition) is 1. The molecule has 0 bridgehead atoms. The molecule has 2 saturated heterocycles. The van der Waals surface area contributed by atoms with Crippen LogP contribution in [-0.2, 0) is 9.47 Å². The van der Waals surface area contributed by atoms with Gasteiger partial charge < -0.3 is 20.1 Å². The van der Waals surface area contributed by atoms with E-state index in [0.717, 1.165) is 62.5 Å². The van der Waals surface area contributed by atoms with Gasteiger partial charge in [0, 0.05) is 38.1 Å². The lowest BCUT2D eigenvalue weighted by atomic mass is 9.82. The molecule has 122 valence electrons. The number of piperidine rings is 1. The third kappa shape index (κ3) is 2.65. The van der Waals surface area contributed by atoms with Gasteiger partial charge in [0.2, 0.25) is 5.95 Å². The molecule has 0 unspecified atom stereocenters. The van der Waals surface area contributed by atoms with E-state index in [9.17, 15) is 0 Å². The summed E-state index contributed by atoms with van der Waals surface area (Å²) in [6.07, 6.45) is 4.32. The van der Waals surface area contributed by atoms with Crippen LogP contribution in [0.15, 0.2) is 0 Å². The maximum Gasteiger partial charge on any atom is 0.222 e. The van der Waals surface area contributed by atoms with E-state index in [1.807, 2.05) is 6.92 Å². The minimum atomic E-state index is -0.120. The Labute approximate surface area is 132 Å². The molecule has 2 aliphatic heterocycles. The molecule has 6 heteroatoms. The summed E-state index contributed by atoms with van der Waals surface area (Å²) in [7, 11) is 1.80. The van der Waals surface area contributed by atoms with Gasteiger partial charge in [-0.25, -0.2) is 4.98 Å². The summed E-state index contributed by atoms with van der Waals surface area (Å²) in [4.78, 5) is 11.0. The predicted molar refractivity (Wildman–Crippen MR) is 86.1 cm³/mol. The van der Waals surface area contributed by atoms with Gasteiger partial charge >= 0.3 is 0 Å². The molecule has 22 heavy (non-hydrogen) atoms. The maximum atomic E-state index is 6.16. The summed E-state index contributed by atoms with van der Waals surface area (Å²) in [6, 6.07) is 0. The van der Waals surface area contributed by atoms with E-state index >= 15 is 0 Å². The van der Waals surface area contributed by atoms with E-state index in [2.05, 4.69) is 21.8 Å². The quantitative estimate of drug-likeness (QED) is 0.899. The summed E-state index contributed by atoms with van der Waals surface area (Å²) in [5, 5.41) is 0. The van der Waals surface area contributed by atoms with Gasteiger partial charge in [-0.05, 0) is 39.5 Å². The van der Waals surface area contributed by atoms with Crippen LogP contribution in [0.4, 0.5) is 11.8 Å². The molecule has 0 aliphatic carbocycles. The molecule has 1 atom stereocenters. The Bertz CT molecular complexity index is 541. The second-order valence-corrected chi connectivity index (χ2v) is 6.38. The second-order valence-electron chi connectivity index (χ2n) is 6.38. The highest BCUT2D eigenvalue weighted by Crippen LogP contribution is 2.38. The normalized spacial score (nSPS) is 24.7. The first-order valence-electron chi connectivity index (χ1n) is 8.08. The zero-order chi connectivity index (χ0) is 15.7. The van der Waals surface area contributed by atoms with E-state index in [1.54, 1.807) is 7.11 Å². The van der Waals surface area contributed by atoms with Gasteiger partial charge in [0.05, 0.1) is 11.7 Å². The highest BCUT2D eigenvalue weighted by molar-refractivity contribution is 5.51. The van der Waals surface area contributed by atoms with Gasteiger partial charge in [0.25, 0.3) is 0 Å². The Hall–Kier alpha value is -1.40. The average Bonchev–Trinajstić information content (AvgIpc) is 2.52. The fraction of sp³-hybridized carbons (Fsp3) is 0.750. The zero-order valence-electron chi connectivity index (χ0n) is 13.8. The number of ether oxygens (including phenoxy) is 2. The number of nitrogen functional groups attached to an aromatic ring is 1. The number of nitrogens with zero attached hydrogens (tertiary/aromatic N) is 3. The van der Waals surface area contributed by atoms with Crippen molar-refractivity contribution < 1.29 is 9.47 Å². The highest BCUT2D eigenvalue weighted by Gasteiger charge is 2.45. The molecule has 2 N–H and O–H groups in total. The third-order valence-corrected chi connectivity index (χ3v) is 5.16. The lowest BCUT2D eigenvalue weighted by Crippen LogP contribution is -2.56. The van der Waals surface area contributed by atoms with E-state index in [-0.39, 0.29) is 11.7 Å². The molecule has 6 nitrogen and oxygen atoms in total. The maximum absolute atomic E-state index is 6.16. The van der Waals surface area contributed by atoms with Crippen LogP contribution in [-0.4, -0.2) is 48.5 Å². The fourth-order valence-corrected chi connectivity index (χ4v) is 3.74. The number of nitrogens with two attached hydrogens (primary N) is 1. The number of hydrogen-bond acceptors (Lipinski definition) is 6. The van der Waals surface area contributed by atoms with Crippen LogP contribution in [0.1, 0.15) is 36.9 Å². The van der Waals surface area contributed by atoms with Gasteiger partial charge in [-0.1, -0.05) is 0 Å². The topological polar surface area (TPSA) is 73.5 Å². The molecule has 2 fully saturated rings.